The number of benzene rings is 1. The van der Waals surface area contributed by atoms with Crippen molar-refractivity contribution in [3.8, 4) is 5.75 Å². The van der Waals surface area contributed by atoms with Crippen LogP contribution < -0.4 is 9.64 Å². The van der Waals surface area contributed by atoms with E-state index in [1.54, 1.807) is 4.90 Å². The molecule has 0 N–H and O–H groups in total. The normalized spacial score (nSPS) is 26.0. The Morgan fingerprint density at radius 2 is 2.22 bits per heavy atom. The third-order valence-electron chi connectivity index (χ3n) is 4.34. The largest absolute Gasteiger partial charge is 0.494 e. The third kappa shape index (κ3) is 2.49. The summed E-state index contributed by atoms with van der Waals surface area (Å²) in [5, 5.41) is 0.586. The molecule has 2 aliphatic heterocycles. The van der Waals surface area contributed by atoms with Crippen molar-refractivity contribution in [3.05, 3.63) is 18.2 Å². The summed E-state index contributed by atoms with van der Waals surface area (Å²) in [5.41, 5.74) is 0.797. The number of carbonyl (C=O) groups is 1. The van der Waals surface area contributed by atoms with Gasteiger partial charge >= 0.3 is 0 Å². The number of rotatable bonds is 3. The van der Waals surface area contributed by atoms with E-state index in [9.17, 15) is 13.2 Å². The average molecular weight is 352 g/mol. The quantitative estimate of drug-likeness (QED) is 0.842. The number of ether oxygens (including phenoxy) is 1. The maximum Gasteiger partial charge on any atom is 0.229 e. The van der Waals surface area contributed by atoms with Crippen LogP contribution in [-0.4, -0.2) is 43.5 Å². The number of hydrogen-bond donors (Lipinski definition) is 0. The smallest absolute Gasteiger partial charge is 0.229 e. The van der Waals surface area contributed by atoms with E-state index in [0.29, 0.717) is 18.2 Å². The van der Waals surface area contributed by atoms with Crippen molar-refractivity contribution in [1.82, 2.24) is 4.98 Å². The van der Waals surface area contributed by atoms with Crippen molar-refractivity contribution in [2.24, 2.45) is 5.92 Å². The molecule has 3 heterocycles. The molecule has 0 radical (unpaired) electrons. The summed E-state index contributed by atoms with van der Waals surface area (Å²) < 4.78 is 30.1. The summed E-state index contributed by atoms with van der Waals surface area (Å²) in [6.45, 7) is 2.51. The maximum absolute atomic E-state index is 12.3. The minimum atomic E-state index is -3.05. The van der Waals surface area contributed by atoms with Crippen LogP contribution in [0.25, 0.3) is 10.2 Å². The number of anilines is 1. The molecule has 1 aromatic heterocycles. The van der Waals surface area contributed by atoms with E-state index in [4.69, 9.17) is 4.74 Å². The number of hydrogen-bond acceptors (Lipinski definition) is 6. The highest BCUT2D eigenvalue weighted by atomic mass is 32.2. The number of fused-ring (bicyclic) bond motifs is 2. The van der Waals surface area contributed by atoms with Crippen LogP contribution in [0.1, 0.15) is 13.3 Å². The second-order valence-corrected chi connectivity index (χ2v) is 9.09. The lowest BCUT2D eigenvalue weighted by molar-refractivity contribution is -0.117. The molecule has 4 rings (SSSR count). The molecular weight excluding hydrogens is 336 g/mol. The fourth-order valence-electron chi connectivity index (χ4n) is 3.39. The zero-order valence-electron chi connectivity index (χ0n) is 12.6. The summed E-state index contributed by atoms with van der Waals surface area (Å²) in [7, 11) is -3.05. The molecule has 0 saturated carbocycles. The lowest BCUT2D eigenvalue weighted by Crippen LogP contribution is -2.36. The minimum Gasteiger partial charge on any atom is -0.494 e. The molecule has 23 heavy (non-hydrogen) atoms. The van der Waals surface area contributed by atoms with Crippen molar-refractivity contribution >= 4 is 42.4 Å². The van der Waals surface area contributed by atoms with Gasteiger partial charge in [0, 0.05) is 12.3 Å². The van der Waals surface area contributed by atoms with E-state index in [1.807, 2.05) is 25.1 Å². The van der Waals surface area contributed by atoms with Crippen LogP contribution in [0.2, 0.25) is 0 Å². The van der Waals surface area contributed by atoms with Gasteiger partial charge in [-0.15, -0.1) is 0 Å². The molecule has 8 heteroatoms. The van der Waals surface area contributed by atoms with E-state index in [1.165, 1.54) is 11.3 Å². The average Bonchev–Trinajstić information content (AvgIpc) is 3.07. The number of sulfone groups is 1. The molecule has 2 saturated heterocycles. The summed E-state index contributed by atoms with van der Waals surface area (Å²) >= 11 is 1.41. The number of thiazole rings is 1. The van der Waals surface area contributed by atoms with Crippen LogP contribution in [0, 0.1) is 5.92 Å². The van der Waals surface area contributed by atoms with Gasteiger partial charge in [0.05, 0.1) is 34.4 Å². The molecular formula is C15H16N2O4S2. The molecule has 2 aromatic rings. The predicted molar refractivity (Wildman–Crippen MR) is 88.8 cm³/mol. The summed E-state index contributed by atoms with van der Waals surface area (Å²) in [4.78, 5) is 18.4. The Kier molecular flexibility index (Phi) is 3.35. The highest BCUT2D eigenvalue weighted by Crippen LogP contribution is 2.40. The van der Waals surface area contributed by atoms with Crippen molar-refractivity contribution < 1.29 is 17.9 Å². The van der Waals surface area contributed by atoms with Crippen LogP contribution in [0.4, 0.5) is 5.13 Å². The maximum atomic E-state index is 12.3. The summed E-state index contributed by atoms with van der Waals surface area (Å²) in [6, 6.07) is 5.36. The SMILES string of the molecule is CCOc1ccc2nc(N3C(=O)C[C@@H]4CS(=O)(=O)C[C@H]43)sc2c1. The Morgan fingerprint density at radius 1 is 1.39 bits per heavy atom. The first-order valence-corrected chi connectivity index (χ1v) is 10.2. The Bertz CT molecular complexity index is 890. The van der Waals surface area contributed by atoms with Crippen molar-refractivity contribution in [2.75, 3.05) is 23.0 Å². The van der Waals surface area contributed by atoms with E-state index in [2.05, 4.69) is 4.98 Å². The van der Waals surface area contributed by atoms with Crippen LogP contribution in [-0.2, 0) is 14.6 Å². The standard InChI is InChI=1S/C15H16N2O4S2/c1-2-21-10-3-4-11-13(6-10)22-15(16-11)17-12-8-23(19,20)7-9(12)5-14(17)18/h3-4,6,9,12H,2,5,7-8H2,1H3/t9-,12-/m1/s1. The van der Waals surface area contributed by atoms with Crippen LogP contribution in [0.5, 0.6) is 5.75 Å². The molecule has 1 aromatic carbocycles. The first-order valence-electron chi connectivity index (χ1n) is 7.53. The van der Waals surface area contributed by atoms with Gasteiger partial charge in [0.1, 0.15) is 5.75 Å². The zero-order valence-corrected chi connectivity index (χ0v) is 14.2. The van der Waals surface area contributed by atoms with E-state index in [-0.39, 0.29) is 29.4 Å². The first-order chi connectivity index (χ1) is 11.0. The van der Waals surface area contributed by atoms with Gasteiger partial charge in [-0.3, -0.25) is 9.69 Å². The fraction of sp³-hybridized carbons (Fsp3) is 0.467. The fourth-order valence-corrected chi connectivity index (χ4v) is 6.53. The predicted octanol–water partition coefficient (Wildman–Crippen LogP) is 1.84. The molecule has 6 nitrogen and oxygen atoms in total. The van der Waals surface area contributed by atoms with Gasteiger partial charge in [-0.25, -0.2) is 13.4 Å². The molecule has 0 bridgehead atoms. The van der Waals surface area contributed by atoms with Gasteiger partial charge in [-0.2, -0.15) is 0 Å². The Hall–Kier alpha value is -1.67. The van der Waals surface area contributed by atoms with Gasteiger partial charge in [0.25, 0.3) is 0 Å². The molecule has 0 spiro atoms. The Balaban J connectivity index is 1.72. The molecule has 2 fully saturated rings. The molecule has 2 atom stereocenters. The van der Waals surface area contributed by atoms with Crippen molar-refractivity contribution in [1.29, 1.82) is 0 Å². The molecule has 2 aliphatic rings. The highest BCUT2D eigenvalue weighted by molar-refractivity contribution is 7.91. The number of amides is 1. The minimum absolute atomic E-state index is 0.0287. The molecule has 1 amide bonds. The number of carbonyl (C=O) groups excluding carboxylic acids is 1. The van der Waals surface area contributed by atoms with Crippen molar-refractivity contribution in [2.45, 2.75) is 19.4 Å². The van der Waals surface area contributed by atoms with E-state index in [0.717, 1.165) is 16.0 Å². The molecule has 0 aliphatic carbocycles. The van der Waals surface area contributed by atoms with Gasteiger partial charge in [0.2, 0.25) is 5.91 Å². The monoisotopic (exact) mass is 352 g/mol. The van der Waals surface area contributed by atoms with Gasteiger partial charge in [-0.1, -0.05) is 11.3 Å². The zero-order chi connectivity index (χ0) is 16.2. The van der Waals surface area contributed by atoms with Crippen molar-refractivity contribution in [3.63, 3.8) is 0 Å². The Morgan fingerprint density at radius 3 is 3.00 bits per heavy atom. The van der Waals surface area contributed by atoms with Gasteiger partial charge in [-0.05, 0) is 25.1 Å². The van der Waals surface area contributed by atoms with Crippen LogP contribution in [0.15, 0.2) is 18.2 Å². The second-order valence-electron chi connectivity index (χ2n) is 5.93. The number of nitrogens with zero attached hydrogens (tertiary/aromatic N) is 2. The van der Waals surface area contributed by atoms with Gasteiger partial charge < -0.3 is 4.74 Å². The third-order valence-corrected chi connectivity index (χ3v) is 7.14. The van der Waals surface area contributed by atoms with Gasteiger partial charge in [0.15, 0.2) is 15.0 Å². The summed E-state index contributed by atoms with van der Waals surface area (Å²) in [6.07, 6.45) is 0.296. The first kappa shape index (κ1) is 14.9. The van der Waals surface area contributed by atoms with E-state index >= 15 is 0 Å². The van der Waals surface area contributed by atoms with Crippen LogP contribution in [0.3, 0.4) is 0 Å². The highest BCUT2D eigenvalue weighted by Gasteiger charge is 2.50. The second kappa shape index (κ2) is 5.17. The van der Waals surface area contributed by atoms with Crippen LogP contribution >= 0.6 is 11.3 Å². The lowest BCUT2D eigenvalue weighted by Gasteiger charge is -2.19. The topological polar surface area (TPSA) is 76.6 Å². The lowest BCUT2D eigenvalue weighted by atomic mass is 10.1. The Labute approximate surface area is 138 Å². The summed E-state index contributed by atoms with van der Waals surface area (Å²) in [5.74, 6) is 0.796. The molecule has 122 valence electrons. The number of aromatic nitrogens is 1. The molecule has 0 unspecified atom stereocenters. The van der Waals surface area contributed by atoms with E-state index < -0.39 is 9.84 Å².